The standard InChI is InChI=1S/C26H30O10/c1-22(2)13-8-14(27)24(4)12(25(13)10-32-16(28)9-15(25)35-22)5-6-23(3)18(11-7-17(29)33-20(11)30)34-21(31)19-26(23,24)36-19/h7,12-13,15,18-20,30H,5-6,8-10H2,1-4H3/t12-,13-,15+,18-,19+,20?,23-,24+,25+,26-/m0/s1. The second-order valence-electron chi connectivity index (χ2n) is 12.6. The number of carbonyl (C=O) groups is 4. The second-order valence-corrected chi connectivity index (χ2v) is 12.6. The Morgan fingerprint density at radius 3 is 2.39 bits per heavy atom. The van der Waals surface area contributed by atoms with Crippen LogP contribution in [-0.4, -0.2) is 71.2 Å². The fourth-order valence-corrected chi connectivity index (χ4v) is 9.54. The van der Waals surface area contributed by atoms with E-state index in [9.17, 15) is 24.3 Å². The topological polar surface area (TPSA) is 138 Å². The Morgan fingerprint density at radius 1 is 0.944 bits per heavy atom. The largest absolute Gasteiger partial charge is 0.465 e. The van der Waals surface area contributed by atoms with Gasteiger partial charge in [-0.1, -0.05) is 6.92 Å². The number of fused-ring (bicyclic) bond motifs is 1. The van der Waals surface area contributed by atoms with Crippen LogP contribution in [0.15, 0.2) is 11.6 Å². The van der Waals surface area contributed by atoms with E-state index in [0.717, 1.165) is 0 Å². The number of ketones is 1. The fourth-order valence-electron chi connectivity index (χ4n) is 9.54. The van der Waals surface area contributed by atoms with Crippen molar-refractivity contribution in [2.45, 2.75) is 89.2 Å². The first-order valence-electron chi connectivity index (χ1n) is 12.7. The van der Waals surface area contributed by atoms with Crippen LogP contribution in [0.2, 0.25) is 0 Å². The van der Waals surface area contributed by atoms with E-state index in [2.05, 4.69) is 0 Å². The van der Waals surface area contributed by atoms with Gasteiger partial charge in [-0.25, -0.2) is 9.59 Å². The van der Waals surface area contributed by atoms with Crippen LogP contribution in [0.3, 0.4) is 0 Å². The minimum Gasteiger partial charge on any atom is -0.465 e. The average Bonchev–Trinajstić information content (AvgIpc) is 3.43. The van der Waals surface area contributed by atoms with E-state index < -0.39 is 64.0 Å². The number of epoxide rings is 1. The zero-order chi connectivity index (χ0) is 25.6. The minimum atomic E-state index is -1.53. The molecule has 7 rings (SSSR count). The van der Waals surface area contributed by atoms with Crippen molar-refractivity contribution in [2.24, 2.45) is 28.1 Å². The molecule has 0 amide bonds. The number of rotatable bonds is 1. The summed E-state index contributed by atoms with van der Waals surface area (Å²) in [6.45, 7) is 7.90. The van der Waals surface area contributed by atoms with Gasteiger partial charge in [0, 0.05) is 34.8 Å². The first-order chi connectivity index (χ1) is 16.8. The summed E-state index contributed by atoms with van der Waals surface area (Å²) in [5.74, 6) is -2.06. The number of aliphatic hydroxyl groups is 1. The van der Waals surface area contributed by atoms with Crippen LogP contribution in [0.5, 0.6) is 0 Å². The van der Waals surface area contributed by atoms with Crippen LogP contribution >= 0.6 is 0 Å². The number of Topliss-reactive ketones (excluding diaryl/α,β-unsaturated/α-hetero) is 1. The van der Waals surface area contributed by atoms with Crippen molar-refractivity contribution in [3.63, 3.8) is 0 Å². The lowest BCUT2D eigenvalue weighted by Gasteiger charge is -2.65. The third-order valence-corrected chi connectivity index (χ3v) is 11.0. The molecule has 2 spiro atoms. The van der Waals surface area contributed by atoms with Crippen LogP contribution in [0, 0.1) is 28.1 Å². The highest BCUT2D eigenvalue weighted by atomic mass is 16.7. The number of hydrogen-bond acceptors (Lipinski definition) is 10. The quantitative estimate of drug-likeness (QED) is 0.314. The molecule has 194 valence electrons. The van der Waals surface area contributed by atoms with Crippen molar-refractivity contribution in [1.29, 1.82) is 0 Å². The highest BCUT2D eigenvalue weighted by Gasteiger charge is 2.90. The van der Waals surface area contributed by atoms with Gasteiger partial charge in [0.1, 0.15) is 24.1 Å². The lowest BCUT2D eigenvalue weighted by Crippen LogP contribution is -2.74. The first-order valence-corrected chi connectivity index (χ1v) is 12.7. The average molecular weight is 503 g/mol. The van der Waals surface area contributed by atoms with E-state index in [0.29, 0.717) is 12.8 Å². The third-order valence-electron chi connectivity index (χ3n) is 11.0. The van der Waals surface area contributed by atoms with E-state index >= 15 is 0 Å². The van der Waals surface area contributed by atoms with Crippen LogP contribution in [-0.2, 0) is 42.9 Å². The molecule has 1 N–H and O–H groups in total. The van der Waals surface area contributed by atoms with Crippen LogP contribution in [0.1, 0.15) is 53.4 Å². The monoisotopic (exact) mass is 502 g/mol. The van der Waals surface area contributed by atoms with E-state index in [1.807, 2.05) is 27.7 Å². The van der Waals surface area contributed by atoms with Gasteiger partial charge in [0.25, 0.3) is 0 Å². The van der Waals surface area contributed by atoms with Gasteiger partial charge >= 0.3 is 17.9 Å². The van der Waals surface area contributed by atoms with Crippen molar-refractivity contribution in [3.05, 3.63) is 11.6 Å². The normalized spacial score (nSPS) is 54.1. The van der Waals surface area contributed by atoms with Crippen molar-refractivity contribution in [2.75, 3.05) is 6.61 Å². The molecule has 7 aliphatic rings. The summed E-state index contributed by atoms with van der Waals surface area (Å²) < 4.78 is 29.1. The number of esters is 3. The fraction of sp³-hybridized carbons (Fsp3) is 0.769. The van der Waals surface area contributed by atoms with Crippen molar-refractivity contribution < 1.29 is 48.0 Å². The number of aliphatic hydroxyl groups excluding tert-OH is 1. The van der Waals surface area contributed by atoms with E-state index in [-0.39, 0.29) is 48.6 Å². The molecule has 5 heterocycles. The smallest absolute Gasteiger partial charge is 0.339 e. The molecule has 0 aromatic rings. The Hall–Kier alpha value is -2.30. The first kappa shape index (κ1) is 22.9. The summed E-state index contributed by atoms with van der Waals surface area (Å²) in [6.07, 6.45) is -1.25. The summed E-state index contributed by atoms with van der Waals surface area (Å²) in [5, 5.41) is 10.4. The molecule has 0 radical (unpaired) electrons. The summed E-state index contributed by atoms with van der Waals surface area (Å²) in [7, 11) is 0. The molecular formula is C26H30O10. The van der Waals surface area contributed by atoms with Crippen LogP contribution in [0.4, 0.5) is 0 Å². The van der Waals surface area contributed by atoms with Gasteiger partial charge in [0.05, 0.1) is 23.5 Å². The molecule has 2 aliphatic carbocycles. The summed E-state index contributed by atoms with van der Waals surface area (Å²) in [5.41, 5.74) is -4.23. The predicted octanol–water partition coefficient (Wildman–Crippen LogP) is 0.973. The maximum absolute atomic E-state index is 14.3. The Morgan fingerprint density at radius 2 is 1.69 bits per heavy atom. The molecule has 0 bridgehead atoms. The molecule has 1 unspecified atom stereocenters. The third kappa shape index (κ3) is 2.23. The zero-order valence-electron chi connectivity index (χ0n) is 20.7. The lowest BCUT2D eigenvalue weighted by molar-refractivity contribution is -0.223. The second kappa shape index (κ2) is 6.39. The molecule has 10 atom stereocenters. The molecule has 0 aromatic heterocycles. The maximum Gasteiger partial charge on any atom is 0.339 e. The number of hydrogen-bond donors (Lipinski definition) is 1. The summed E-state index contributed by atoms with van der Waals surface area (Å²) in [4.78, 5) is 51.7. The summed E-state index contributed by atoms with van der Waals surface area (Å²) in [6, 6.07) is 0. The summed E-state index contributed by atoms with van der Waals surface area (Å²) >= 11 is 0. The van der Waals surface area contributed by atoms with E-state index in [1.165, 1.54) is 6.08 Å². The molecule has 2 saturated carbocycles. The van der Waals surface area contributed by atoms with Gasteiger partial charge < -0.3 is 28.8 Å². The van der Waals surface area contributed by atoms with E-state index in [4.69, 9.17) is 23.7 Å². The number of ether oxygens (including phenoxy) is 5. The molecule has 6 fully saturated rings. The van der Waals surface area contributed by atoms with Gasteiger partial charge in [0.2, 0.25) is 6.29 Å². The Balaban J connectivity index is 1.39. The molecule has 0 aromatic carbocycles. The minimum absolute atomic E-state index is 0.00694. The Labute approximate surface area is 207 Å². The number of carbonyl (C=O) groups excluding carboxylic acids is 4. The lowest BCUT2D eigenvalue weighted by atomic mass is 9.37. The Kier molecular flexibility index (Phi) is 4.06. The Bertz CT molecular complexity index is 1170. The molecule has 4 saturated heterocycles. The molecule has 10 nitrogen and oxygen atoms in total. The molecular weight excluding hydrogens is 472 g/mol. The van der Waals surface area contributed by atoms with Gasteiger partial charge in [-0.3, -0.25) is 9.59 Å². The molecule has 36 heavy (non-hydrogen) atoms. The van der Waals surface area contributed by atoms with Crippen molar-refractivity contribution in [3.8, 4) is 0 Å². The van der Waals surface area contributed by atoms with Gasteiger partial charge in [0.15, 0.2) is 6.10 Å². The van der Waals surface area contributed by atoms with E-state index in [1.54, 1.807) is 0 Å². The SMILES string of the molecule is CC1(C)O[C@@H]2CC(=O)OC[C@]23[C@H]2CC[C@@]4(C)[C@H](C5=CC(=O)OC5O)OC(=O)[C@H]5O[C@@]54[C@@]2(C)C(=O)C[C@@H]13. The van der Waals surface area contributed by atoms with Gasteiger partial charge in [-0.15, -0.1) is 0 Å². The maximum atomic E-state index is 14.3. The van der Waals surface area contributed by atoms with Crippen LogP contribution < -0.4 is 0 Å². The van der Waals surface area contributed by atoms with Crippen LogP contribution in [0.25, 0.3) is 0 Å². The zero-order valence-corrected chi connectivity index (χ0v) is 20.7. The molecule has 5 aliphatic heterocycles. The predicted molar refractivity (Wildman–Crippen MR) is 117 cm³/mol. The van der Waals surface area contributed by atoms with Gasteiger partial charge in [-0.05, 0) is 39.5 Å². The van der Waals surface area contributed by atoms with Gasteiger partial charge in [-0.2, -0.15) is 0 Å². The number of cyclic esters (lactones) is 3. The van der Waals surface area contributed by atoms with Crippen molar-refractivity contribution in [1.82, 2.24) is 0 Å². The highest BCUT2D eigenvalue weighted by molar-refractivity contribution is 5.94. The van der Waals surface area contributed by atoms with Crippen molar-refractivity contribution >= 4 is 23.7 Å². The molecule has 10 heteroatoms. The highest BCUT2D eigenvalue weighted by Crippen LogP contribution is 2.78.